The van der Waals surface area contributed by atoms with Crippen LogP contribution in [0.4, 0.5) is 0 Å². The lowest BCUT2D eigenvalue weighted by molar-refractivity contribution is -0.0726. The largest absolute Gasteiger partial charge is 0.396 e. The van der Waals surface area contributed by atoms with E-state index in [0.29, 0.717) is 29.3 Å². The van der Waals surface area contributed by atoms with Crippen molar-refractivity contribution in [1.82, 2.24) is 0 Å². The lowest BCUT2D eigenvalue weighted by atomic mass is 9.45. The SMILES string of the molecule is CC(C)=CCC[C@@H](CO)[C@H]1CC[C@H]2[C@@H]3CC=C4C5(CC5)C(O)CC[C@]4(C)[C@H]3CC[C@]12C. The van der Waals surface area contributed by atoms with Gasteiger partial charge >= 0.3 is 0 Å². The van der Waals surface area contributed by atoms with Crippen molar-refractivity contribution < 1.29 is 10.2 Å². The standard InChI is InChI=1S/C29H46O2/c1-19(2)6-5-7-20(18-30)22-9-10-23-21-8-11-25-28(4,24(21)12-14-27(22,23)3)15-13-26(31)29(25)16-17-29/h6,11,20-24,26,30-31H,5,7-10,12-18H2,1-4H3/t20-,21-,22+,23-,24-,26?,27+,28+/m0/s1. The van der Waals surface area contributed by atoms with Gasteiger partial charge in [-0.3, -0.25) is 0 Å². The van der Waals surface area contributed by atoms with E-state index < -0.39 is 0 Å². The number of allylic oxidation sites excluding steroid dienone is 3. The molecule has 2 N–H and O–H groups in total. The van der Waals surface area contributed by atoms with Crippen LogP contribution in [0.15, 0.2) is 23.3 Å². The summed E-state index contributed by atoms with van der Waals surface area (Å²) in [7, 11) is 0. The molecule has 0 radical (unpaired) electrons. The van der Waals surface area contributed by atoms with E-state index in [1.165, 1.54) is 56.9 Å². The van der Waals surface area contributed by atoms with E-state index in [0.717, 1.165) is 37.0 Å². The quantitative estimate of drug-likeness (QED) is 0.482. The van der Waals surface area contributed by atoms with Crippen LogP contribution in [0.3, 0.4) is 0 Å². The average Bonchev–Trinajstić information content (AvgIpc) is 3.44. The van der Waals surface area contributed by atoms with Crippen molar-refractivity contribution in [3.05, 3.63) is 23.3 Å². The number of hydrogen-bond acceptors (Lipinski definition) is 2. The minimum atomic E-state index is -0.0841. The van der Waals surface area contributed by atoms with Crippen LogP contribution in [0.2, 0.25) is 0 Å². The van der Waals surface area contributed by atoms with Gasteiger partial charge < -0.3 is 10.2 Å². The van der Waals surface area contributed by atoms with Crippen LogP contribution in [0.5, 0.6) is 0 Å². The first-order valence-electron chi connectivity index (χ1n) is 13.4. The molecule has 4 saturated carbocycles. The third-order valence-electron chi connectivity index (χ3n) is 11.3. The van der Waals surface area contributed by atoms with Gasteiger partial charge in [-0.1, -0.05) is 37.1 Å². The van der Waals surface area contributed by atoms with E-state index in [1.54, 1.807) is 5.57 Å². The Bertz CT molecular complexity index is 757. The molecular weight excluding hydrogens is 380 g/mol. The van der Waals surface area contributed by atoms with E-state index in [-0.39, 0.29) is 11.5 Å². The highest BCUT2D eigenvalue weighted by Gasteiger charge is 2.65. The fraction of sp³-hybridized carbons (Fsp3) is 0.862. The summed E-state index contributed by atoms with van der Waals surface area (Å²) in [5, 5.41) is 21.1. The zero-order valence-corrected chi connectivity index (χ0v) is 20.5. The summed E-state index contributed by atoms with van der Waals surface area (Å²) in [4.78, 5) is 0. The summed E-state index contributed by atoms with van der Waals surface area (Å²) in [6, 6.07) is 0. The summed E-state index contributed by atoms with van der Waals surface area (Å²) >= 11 is 0. The van der Waals surface area contributed by atoms with Gasteiger partial charge in [-0.15, -0.1) is 0 Å². The summed E-state index contributed by atoms with van der Waals surface area (Å²) in [6.45, 7) is 9.91. The number of fused-ring (bicyclic) bond motifs is 6. The fourth-order valence-corrected chi connectivity index (χ4v) is 9.64. The van der Waals surface area contributed by atoms with Crippen molar-refractivity contribution in [2.45, 2.75) is 104 Å². The lowest BCUT2D eigenvalue weighted by Crippen LogP contribution is -2.53. The molecule has 0 amide bonds. The smallest absolute Gasteiger partial charge is 0.0634 e. The van der Waals surface area contributed by atoms with Gasteiger partial charge in [0.1, 0.15) is 0 Å². The first-order chi connectivity index (χ1) is 14.8. The maximum atomic E-state index is 10.8. The Morgan fingerprint density at radius 3 is 2.52 bits per heavy atom. The summed E-state index contributed by atoms with van der Waals surface area (Å²) < 4.78 is 0. The molecule has 31 heavy (non-hydrogen) atoms. The second kappa shape index (κ2) is 7.73. The maximum Gasteiger partial charge on any atom is 0.0634 e. The third kappa shape index (κ3) is 3.25. The molecular formula is C29H46O2. The van der Waals surface area contributed by atoms with Crippen LogP contribution in [0.25, 0.3) is 0 Å². The van der Waals surface area contributed by atoms with Crippen molar-refractivity contribution >= 4 is 0 Å². The summed E-state index contributed by atoms with van der Waals surface area (Å²) in [6.07, 6.45) is 18.5. The molecule has 5 aliphatic rings. The van der Waals surface area contributed by atoms with E-state index in [4.69, 9.17) is 0 Å². The molecule has 0 heterocycles. The van der Waals surface area contributed by atoms with Crippen LogP contribution in [0, 0.1) is 45.8 Å². The van der Waals surface area contributed by atoms with Gasteiger partial charge in [-0.25, -0.2) is 0 Å². The highest BCUT2D eigenvalue weighted by molar-refractivity contribution is 5.36. The van der Waals surface area contributed by atoms with Crippen molar-refractivity contribution in [2.24, 2.45) is 45.8 Å². The van der Waals surface area contributed by atoms with E-state index in [1.807, 2.05) is 0 Å². The molecule has 8 atom stereocenters. The van der Waals surface area contributed by atoms with Gasteiger partial charge in [-0.05, 0) is 125 Å². The molecule has 0 aliphatic heterocycles. The van der Waals surface area contributed by atoms with E-state index in [9.17, 15) is 10.2 Å². The molecule has 5 rings (SSSR count). The Balaban J connectivity index is 1.38. The molecule has 5 aliphatic carbocycles. The van der Waals surface area contributed by atoms with Crippen LogP contribution >= 0.6 is 0 Å². The molecule has 1 unspecified atom stereocenters. The van der Waals surface area contributed by atoms with Crippen molar-refractivity contribution in [2.75, 3.05) is 6.61 Å². The van der Waals surface area contributed by atoms with Crippen LogP contribution in [0.1, 0.15) is 98.3 Å². The molecule has 1 spiro atoms. The number of aliphatic hydroxyl groups is 2. The normalized spacial score (nSPS) is 45.9. The second-order valence-corrected chi connectivity index (χ2v) is 12.9. The molecule has 4 fully saturated rings. The summed E-state index contributed by atoms with van der Waals surface area (Å²) in [5.74, 6) is 3.61. The number of aliphatic hydroxyl groups excluding tert-OH is 2. The van der Waals surface area contributed by atoms with Gasteiger partial charge in [0.05, 0.1) is 6.10 Å². The van der Waals surface area contributed by atoms with Crippen molar-refractivity contribution in [3.8, 4) is 0 Å². The Morgan fingerprint density at radius 1 is 1.06 bits per heavy atom. The number of hydrogen-bond donors (Lipinski definition) is 2. The Hall–Kier alpha value is -0.600. The minimum Gasteiger partial charge on any atom is -0.396 e. The Kier molecular flexibility index (Phi) is 5.53. The summed E-state index contributed by atoms with van der Waals surface area (Å²) in [5.41, 5.74) is 3.99. The molecule has 0 aromatic carbocycles. The van der Waals surface area contributed by atoms with Crippen molar-refractivity contribution in [3.63, 3.8) is 0 Å². The highest BCUT2D eigenvalue weighted by Crippen LogP contribution is 2.72. The molecule has 0 saturated heterocycles. The zero-order chi connectivity index (χ0) is 22.0. The molecule has 0 bridgehead atoms. The first kappa shape index (κ1) is 22.2. The number of rotatable bonds is 5. The lowest BCUT2D eigenvalue weighted by Gasteiger charge is -2.60. The monoisotopic (exact) mass is 426 g/mol. The van der Waals surface area contributed by atoms with E-state index >= 15 is 0 Å². The zero-order valence-electron chi connectivity index (χ0n) is 20.5. The van der Waals surface area contributed by atoms with Gasteiger partial charge in [0, 0.05) is 12.0 Å². The van der Waals surface area contributed by atoms with E-state index in [2.05, 4.69) is 39.8 Å². The predicted octanol–water partition coefficient (Wildman–Crippen LogP) is 6.67. The second-order valence-electron chi connectivity index (χ2n) is 12.9. The first-order valence-corrected chi connectivity index (χ1v) is 13.4. The molecule has 0 aromatic rings. The Morgan fingerprint density at radius 2 is 1.84 bits per heavy atom. The van der Waals surface area contributed by atoms with Crippen LogP contribution < -0.4 is 0 Å². The van der Waals surface area contributed by atoms with Crippen LogP contribution in [-0.4, -0.2) is 22.9 Å². The molecule has 2 heteroatoms. The van der Waals surface area contributed by atoms with Gasteiger partial charge in [0.2, 0.25) is 0 Å². The Labute approximate surface area is 190 Å². The van der Waals surface area contributed by atoms with Crippen molar-refractivity contribution in [1.29, 1.82) is 0 Å². The van der Waals surface area contributed by atoms with Crippen LogP contribution in [-0.2, 0) is 0 Å². The van der Waals surface area contributed by atoms with Gasteiger partial charge in [0.25, 0.3) is 0 Å². The molecule has 2 nitrogen and oxygen atoms in total. The average molecular weight is 427 g/mol. The minimum absolute atomic E-state index is 0.0841. The van der Waals surface area contributed by atoms with Gasteiger partial charge in [0.15, 0.2) is 0 Å². The predicted molar refractivity (Wildman–Crippen MR) is 127 cm³/mol. The highest BCUT2D eigenvalue weighted by atomic mass is 16.3. The third-order valence-corrected chi connectivity index (χ3v) is 11.3. The van der Waals surface area contributed by atoms with Gasteiger partial charge in [-0.2, -0.15) is 0 Å². The molecule has 0 aromatic heterocycles. The fourth-order valence-electron chi connectivity index (χ4n) is 9.64. The molecule has 174 valence electrons. The topological polar surface area (TPSA) is 40.5 Å². The maximum absolute atomic E-state index is 10.8.